The van der Waals surface area contributed by atoms with Gasteiger partial charge in [-0.2, -0.15) is 0 Å². The van der Waals surface area contributed by atoms with Crippen molar-refractivity contribution in [3.8, 4) is 44.5 Å². The Hall–Kier alpha value is -4.13. The molecule has 2 fully saturated rings. The normalized spacial score (nSPS) is 18.0. The van der Waals surface area contributed by atoms with Crippen molar-refractivity contribution in [3.05, 3.63) is 163 Å². The summed E-state index contributed by atoms with van der Waals surface area (Å²) < 4.78 is 0. The zero-order valence-electron chi connectivity index (χ0n) is 42.6. The third kappa shape index (κ3) is 11.5. The number of benzene rings is 6. The van der Waals surface area contributed by atoms with Crippen LogP contribution in [0.4, 0.5) is 11.4 Å². The Morgan fingerprint density at radius 3 is 0.615 bits per heavy atom. The Kier molecular flexibility index (Phi) is 16.5. The molecular formula is C61H77ClN2Pd. The van der Waals surface area contributed by atoms with Crippen LogP contribution in [0.25, 0.3) is 44.5 Å². The first-order valence-corrected chi connectivity index (χ1v) is 23.2. The van der Waals surface area contributed by atoms with Gasteiger partial charge in [-0.1, -0.05) is 217 Å². The zero-order valence-corrected chi connectivity index (χ0v) is 44.9. The van der Waals surface area contributed by atoms with E-state index >= 15 is 0 Å². The fourth-order valence-corrected chi connectivity index (χ4v) is 9.00. The fourth-order valence-electron chi connectivity index (χ4n) is 9.00. The molecule has 0 amide bonds. The predicted octanol–water partition coefficient (Wildman–Crippen LogP) is 13.9. The molecule has 2 aliphatic rings. The van der Waals surface area contributed by atoms with Crippen LogP contribution in [-0.4, -0.2) is 24.2 Å². The summed E-state index contributed by atoms with van der Waals surface area (Å²) >= 11 is 0. The van der Waals surface area contributed by atoms with Gasteiger partial charge in [0.15, 0.2) is 0 Å². The summed E-state index contributed by atoms with van der Waals surface area (Å²) in [5.41, 5.74) is 19.4. The standard InChI is InChI=1S/2C30H37N.CH3.ClH.Pd/c2*1-20-21(2)31(20)28-26(22-12-16-24(17-13-22)29(3,4)5)10-9-11-27(28)23-14-18-25(19-15-23)30(6,7)8;;;/h2*9-21H,1-8H3;1H3;1H;/q;;-1;;+2/p-1. The topological polar surface area (TPSA) is 6.02 Å². The first kappa shape index (κ1) is 53.5. The fraction of sp³-hybridized carbons (Fsp3) is 0.393. The zero-order chi connectivity index (χ0) is 45.1. The van der Waals surface area contributed by atoms with Gasteiger partial charge in [0.05, 0.1) is 11.4 Å². The maximum Gasteiger partial charge on any atom is 2.00 e. The predicted molar refractivity (Wildman–Crippen MR) is 279 cm³/mol. The molecule has 0 saturated carbocycles. The Morgan fingerprint density at radius 1 is 0.308 bits per heavy atom. The van der Waals surface area contributed by atoms with Gasteiger partial charge in [-0.3, -0.25) is 0 Å². The molecule has 0 bridgehead atoms. The molecule has 2 aliphatic heterocycles. The molecule has 6 aromatic rings. The molecule has 6 aromatic carbocycles. The minimum absolute atomic E-state index is 0. The Morgan fingerprint density at radius 2 is 0.477 bits per heavy atom. The number of rotatable bonds is 6. The van der Waals surface area contributed by atoms with Gasteiger partial charge < -0.3 is 29.6 Å². The van der Waals surface area contributed by atoms with Crippen molar-refractivity contribution in [1.29, 1.82) is 0 Å². The maximum absolute atomic E-state index is 2.57. The number of nitrogens with zero attached hydrogens (tertiary/aromatic N) is 2. The van der Waals surface area contributed by atoms with Crippen LogP contribution in [0.15, 0.2) is 133 Å². The first-order chi connectivity index (χ1) is 29.0. The van der Waals surface area contributed by atoms with Crippen molar-refractivity contribution in [3.63, 3.8) is 0 Å². The van der Waals surface area contributed by atoms with E-state index in [0.717, 1.165) is 0 Å². The van der Waals surface area contributed by atoms with Crippen molar-refractivity contribution in [2.75, 3.05) is 9.80 Å². The van der Waals surface area contributed by atoms with E-state index in [1.54, 1.807) is 0 Å². The van der Waals surface area contributed by atoms with Gasteiger partial charge in [-0.15, -0.1) is 0 Å². The van der Waals surface area contributed by atoms with E-state index < -0.39 is 0 Å². The van der Waals surface area contributed by atoms with Crippen LogP contribution in [0, 0.1) is 7.43 Å². The molecule has 2 nitrogen and oxygen atoms in total. The van der Waals surface area contributed by atoms with Crippen LogP contribution in [0.3, 0.4) is 0 Å². The Bertz CT molecular complexity index is 2140. The van der Waals surface area contributed by atoms with E-state index in [9.17, 15) is 0 Å². The number of halogens is 1. The van der Waals surface area contributed by atoms with Crippen molar-refractivity contribution >= 4 is 11.4 Å². The van der Waals surface area contributed by atoms with Crippen molar-refractivity contribution in [2.45, 2.75) is 157 Å². The van der Waals surface area contributed by atoms with Gasteiger partial charge >= 0.3 is 20.4 Å². The number of para-hydroxylation sites is 2. The van der Waals surface area contributed by atoms with Gasteiger partial charge in [0.25, 0.3) is 0 Å². The second-order valence-electron chi connectivity index (χ2n) is 22.5. The van der Waals surface area contributed by atoms with E-state index in [1.165, 1.54) is 78.1 Å². The smallest absolute Gasteiger partial charge is 1.00 e. The summed E-state index contributed by atoms with van der Waals surface area (Å²) in [4.78, 5) is 5.14. The molecule has 8 rings (SSSR count). The molecule has 65 heavy (non-hydrogen) atoms. The van der Waals surface area contributed by atoms with Crippen LogP contribution >= 0.6 is 0 Å². The van der Waals surface area contributed by atoms with Crippen LogP contribution in [0.2, 0.25) is 0 Å². The van der Waals surface area contributed by atoms with Crippen molar-refractivity contribution in [2.24, 2.45) is 0 Å². The Labute approximate surface area is 415 Å². The SMILES string of the molecule is CC1C(C)N1c1c(-c2ccc(C(C)(C)C)cc2)cccc1-c1ccc(C(C)(C)C)cc1.CC1C(C)N1c1c(-c2ccc(C(C)(C)C)cc2)cccc1-c1ccc(C(C)(C)C)cc1.[CH3-].[Cl-].[Pd+2]. The van der Waals surface area contributed by atoms with Crippen molar-refractivity contribution < 1.29 is 32.8 Å². The first-order valence-electron chi connectivity index (χ1n) is 23.2. The van der Waals surface area contributed by atoms with E-state index in [1.807, 2.05) is 0 Å². The minimum Gasteiger partial charge on any atom is -1.00 e. The van der Waals surface area contributed by atoms with E-state index in [-0.39, 0.29) is 61.9 Å². The summed E-state index contributed by atoms with van der Waals surface area (Å²) in [7, 11) is 0. The summed E-state index contributed by atoms with van der Waals surface area (Å²) in [5.74, 6) is 0. The summed E-state index contributed by atoms with van der Waals surface area (Å²) in [6.07, 6.45) is 0. The third-order valence-electron chi connectivity index (χ3n) is 13.8. The van der Waals surface area contributed by atoms with E-state index in [0.29, 0.717) is 24.2 Å². The largest absolute Gasteiger partial charge is 2.00 e. The number of anilines is 2. The monoisotopic (exact) mass is 978 g/mol. The molecule has 4 heteroatoms. The molecular weight excluding hydrogens is 903 g/mol. The molecule has 2 saturated heterocycles. The second kappa shape index (κ2) is 20.0. The molecule has 4 unspecified atom stereocenters. The molecule has 2 heterocycles. The number of hydrogen-bond donors (Lipinski definition) is 0. The molecule has 0 radical (unpaired) electrons. The molecule has 0 N–H and O–H groups in total. The average molecular weight is 980 g/mol. The Balaban J connectivity index is 0.000000272. The van der Waals surface area contributed by atoms with Gasteiger partial charge in [-0.05, 0) is 93.9 Å². The molecule has 0 aliphatic carbocycles. The van der Waals surface area contributed by atoms with Gasteiger partial charge in [0, 0.05) is 46.4 Å². The van der Waals surface area contributed by atoms with Crippen LogP contribution in [0.1, 0.15) is 133 Å². The molecule has 4 atom stereocenters. The summed E-state index contributed by atoms with van der Waals surface area (Å²) in [6.45, 7) is 36.6. The molecule has 348 valence electrons. The van der Waals surface area contributed by atoms with Crippen LogP contribution < -0.4 is 22.2 Å². The third-order valence-corrected chi connectivity index (χ3v) is 13.8. The average Bonchev–Trinajstić information content (AvgIpc) is 4.05. The minimum atomic E-state index is 0. The quantitative estimate of drug-likeness (QED) is 0.0932. The van der Waals surface area contributed by atoms with Gasteiger partial charge in [0.2, 0.25) is 0 Å². The molecule has 0 aromatic heterocycles. The van der Waals surface area contributed by atoms with Crippen LogP contribution in [0.5, 0.6) is 0 Å². The summed E-state index contributed by atoms with van der Waals surface area (Å²) in [6, 6.07) is 52.5. The summed E-state index contributed by atoms with van der Waals surface area (Å²) in [5, 5.41) is 0. The van der Waals surface area contributed by atoms with Crippen LogP contribution in [-0.2, 0) is 42.1 Å². The molecule has 0 spiro atoms. The van der Waals surface area contributed by atoms with Gasteiger partial charge in [0.1, 0.15) is 0 Å². The maximum atomic E-state index is 2.57. The van der Waals surface area contributed by atoms with E-state index in [2.05, 4.69) is 254 Å². The second-order valence-corrected chi connectivity index (χ2v) is 22.5. The van der Waals surface area contributed by atoms with Crippen molar-refractivity contribution in [1.82, 2.24) is 0 Å². The van der Waals surface area contributed by atoms with Gasteiger partial charge in [-0.25, -0.2) is 0 Å². The number of hydrogen-bond acceptors (Lipinski definition) is 2. The van der Waals surface area contributed by atoms with E-state index in [4.69, 9.17) is 0 Å².